The third kappa shape index (κ3) is 11.2. The van der Waals surface area contributed by atoms with Crippen LogP contribution < -0.4 is 44.6 Å². The predicted octanol–water partition coefficient (Wildman–Crippen LogP) is -0.145. The Kier molecular flexibility index (Phi) is 15.2. The molecule has 14 heteroatoms. The lowest BCUT2D eigenvalue weighted by molar-refractivity contribution is -0.654. The van der Waals surface area contributed by atoms with Gasteiger partial charge in [-0.2, -0.15) is 0 Å². The largest absolute Gasteiger partial charge is 1.00 e. The molecule has 0 fully saturated rings. The van der Waals surface area contributed by atoms with Crippen LogP contribution in [-0.2, 0) is 23.6 Å². The third-order valence-electron chi connectivity index (χ3n) is 5.28. The van der Waals surface area contributed by atoms with Gasteiger partial charge in [0.05, 0.1) is 50.8 Å². The van der Waals surface area contributed by atoms with E-state index in [4.69, 9.17) is 9.47 Å². The molecule has 0 aliphatic carbocycles. The van der Waals surface area contributed by atoms with Gasteiger partial charge in [-0.05, 0) is 81.4 Å². The number of aryl methyl sites for hydroxylation is 2. The molecule has 0 saturated heterocycles. The van der Waals surface area contributed by atoms with Crippen molar-refractivity contribution in [3.8, 4) is 0 Å². The molecule has 0 aliphatic rings. The van der Waals surface area contributed by atoms with E-state index in [1.54, 1.807) is 22.7 Å². The zero-order chi connectivity index (χ0) is 26.4. The number of ether oxygens (including phenoxy) is 2. The maximum atomic E-state index is 5.64. The van der Waals surface area contributed by atoms with Gasteiger partial charge in [0, 0.05) is 35.2 Å². The quantitative estimate of drug-likeness (QED) is 0.109. The fourth-order valence-corrected chi connectivity index (χ4v) is 4.56. The van der Waals surface area contributed by atoms with Crippen LogP contribution in [0.3, 0.4) is 0 Å². The Balaban J connectivity index is 0.00000280. The number of nitrogens with zero attached hydrogens (tertiary/aromatic N) is 6. The van der Waals surface area contributed by atoms with Gasteiger partial charge >= 0.3 is 10.3 Å². The Labute approximate surface area is 254 Å². The summed E-state index contributed by atoms with van der Waals surface area (Å²) in [5, 5.41) is 29.4. The average Bonchev–Trinajstić information content (AvgIpc) is 3.55. The summed E-state index contributed by atoms with van der Waals surface area (Å²) >= 11 is 3.11. The van der Waals surface area contributed by atoms with Gasteiger partial charge < -0.3 is 44.9 Å². The number of halogens is 2. The summed E-state index contributed by atoms with van der Waals surface area (Å²) in [6, 6.07) is 15.7. The Morgan fingerprint density at radius 2 is 1.00 bits per heavy atom. The molecule has 0 spiro atoms. The summed E-state index contributed by atoms with van der Waals surface area (Å²) in [6.45, 7) is 3.76. The zero-order valence-electron chi connectivity index (χ0n) is 22.2. The molecule has 4 rings (SSSR count). The molecular formula is C26H32Cl2N8O2S2. The van der Waals surface area contributed by atoms with Crippen molar-refractivity contribution < 1.29 is 43.4 Å². The van der Waals surface area contributed by atoms with Gasteiger partial charge in [-0.15, -0.1) is 0 Å². The number of nitrogens with one attached hydrogen (secondary N) is 2. The second kappa shape index (κ2) is 18.4. The molecule has 2 N–H and O–H groups in total. The maximum absolute atomic E-state index is 5.64. The Bertz CT molecular complexity index is 1210. The number of hydrogen-bond donors (Lipinski definition) is 2. The van der Waals surface area contributed by atoms with Gasteiger partial charge in [0.1, 0.15) is 23.8 Å². The molecule has 10 nitrogen and oxygen atoms in total. The van der Waals surface area contributed by atoms with Crippen molar-refractivity contribution in [2.24, 2.45) is 34.6 Å². The average molecular weight is 624 g/mol. The smallest absolute Gasteiger partial charge is 0.408 e. The number of hydrogen-bond acceptors (Lipinski definition) is 10. The summed E-state index contributed by atoms with van der Waals surface area (Å²) in [7, 11) is 3.90. The number of anilines is 2. The van der Waals surface area contributed by atoms with Crippen LogP contribution >= 0.6 is 22.7 Å². The minimum Gasteiger partial charge on any atom is -1.00 e. The molecule has 0 aliphatic heterocycles. The van der Waals surface area contributed by atoms with Crippen molar-refractivity contribution >= 4 is 55.7 Å². The SMILES string of the molecule is C[n+]1ccsc1N=Nc1ccc(NCCOCCOCCNc2ccc(N=Nc3scc[n+]3C)cc2)cc1.[Cl-].[Cl-]. The van der Waals surface area contributed by atoms with E-state index in [0.29, 0.717) is 26.4 Å². The van der Waals surface area contributed by atoms with Crippen LogP contribution in [0.5, 0.6) is 0 Å². The van der Waals surface area contributed by atoms with Gasteiger partial charge in [-0.25, -0.2) is 9.13 Å². The second-order valence-electron chi connectivity index (χ2n) is 8.17. The van der Waals surface area contributed by atoms with E-state index in [-0.39, 0.29) is 24.8 Å². The molecule has 2 aromatic carbocycles. The standard InChI is InChI=1S/C26H30N8O2S2.2ClH/c1-33-13-19-37-25(33)31-29-23-7-3-21(4-8-23)27-11-15-35-17-18-36-16-12-28-22-5-9-24(10-6-22)30-32-26-34(2)14-20-38-26;;/h3-10,13-14,19-20H,11-12,15-18H2,1-2H3;2*1H. The first kappa shape index (κ1) is 33.2. The highest BCUT2D eigenvalue weighted by molar-refractivity contribution is 7.13. The highest BCUT2D eigenvalue weighted by Crippen LogP contribution is 2.21. The van der Waals surface area contributed by atoms with Gasteiger partial charge in [0.2, 0.25) is 0 Å². The number of azo groups is 2. The van der Waals surface area contributed by atoms with E-state index >= 15 is 0 Å². The molecule has 0 amide bonds. The minimum atomic E-state index is 0. The van der Waals surface area contributed by atoms with E-state index in [9.17, 15) is 0 Å². The fraction of sp³-hybridized carbons (Fsp3) is 0.308. The summed E-state index contributed by atoms with van der Waals surface area (Å²) in [4.78, 5) is 0. The lowest BCUT2D eigenvalue weighted by Crippen LogP contribution is -3.00. The summed E-state index contributed by atoms with van der Waals surface area (Å²) in [5.74, 6) is 0. The number of rotatable bonds is 15. The number of benzene rings is 2. The number of thiazole rings is 2. The molecule has 0 atom stereocenters. The van der Waals surface area contributed by atoms with Gasteiger partial charge in [-0.1, -0.05) is 0 Å². The van der Waals surface area contributed by atoms with E-state index < -0.39 is 0 Å². The van der Waals surface area contributed by atoms with Crippen molar-refractivity contribution in [3.05, 3.63) is 71.7 Å². The lowest BCUT2D eigenvalue weighted by Gasteiger charge is -2.09. The topological polar surface area (TPSA) is 99.7 Å². The molecule has 0 unspecified atom stereocenters. The van der Waals surface area contributed by atoms with Crippen molar-refractivity contribution in [2.45, 2.75) is 0 Å². The Hall–Kier alpha value is -3.00. The summed E-state index contributed by atoms with van der Waals surface area (Å²) in [5.41, 5.74) is 3.66. The van der Waals surface area contributed by atoms with Crippen LogP contribution in [0.1, 0.15) is 0 Å². The summed E-state index contributed by atoms with van der Waals surface area (Å²) < 4.78 is 15.2. The molecule has 214 valence electrons. The second-order valence-corrected chi connectivity index (χ2v) is 9.91. The molecule has 2 heterocycles. The van der Waals surface area contributed by atoms with Crippen LogP contribution in [-0.4, -0.2) is 39.5 Å². The third-order valence-corrected chi connectivity index (χ3v) is 6.96. The molecule has 0 bridgehead atoms. The first-order valence-electron chi connectivity index (χ1n) is 12.2. The zero-order valence-corrected chi connectivity index (χ0v) is 25.4. The first-order valence-corrected chi connectivity index (χ1v) is 14.0. The minimum absolute atomic E-state index is 0. The Morgan fingerprint density at radius 3 is 1.35 bits per heavy atom. The van der Waals surface area contributed by atoms with Crippen molar-refractivity contribution in [1.82, 2.24) is 0 Å². The fourth-order valence-electron chi connectivity index (χ4n) is 3.20. The Morgan fingerprint density at radius 1 is 0.600 bits per heavy atom. The molecule has 2 aromatic heterocycles. The van der Waals surface area contributed by atoms with Crippen LogP contribution in [0.15, 0.2) is 92.1 Å². The normalized spacial score (nSPS) is 10.9. The maximum Gasteiger partial charge on any atom is 0.408 e. The molecule has 0 radical (unpaired) electrons. The lowest BCUT2D eigenvalue weighted by atomic mass is 10.3. The molecule has 4 aromatic rings. The van der Waals surface area contributed by atoms with Crippen LogP contribution in [0.2, 0.25) is 0 Å². The van der Waals surface area contributed by atoms with E-state index in [1.807, 2.05) is 94.9 Å². The van der Waals surface area contributed by atoms with E-state index in [2.05, 4.69) is 31.1 Å². The van der Waals surface area contributed by atoms with E-state index in [0.717, 1.165) is 46.1 Å². The monoisotopic (exact) mass is 622 g/mol. The van der Waals surface area contributed by atoms with Gasteiger partial charge in [-0.3, -0.25) is 0 Å². The highest BCUT2D eigenvalue weighted by Gasteiger charge is 2.08. The van der Waals surface area contributed by atoms with Crippen LogP contribution in [0, 0.1) is 0 Å². The van der Waals surface area contributed by atoms with Gasteiger partial charge in [0.15, 0.2) is 0 Å². The predicted molar refractivity (Wildman–Crippen MR) is 151 cm³/mol. The summed E-state index contributed by atoms with van der Waals surface area (Å²) in [6.07, 6.45) is 3.92. The van der Waals surface area contributed by atoms with Crippen LogP contribution in [0.25, 0.3) is 0 Å². The molecule has 40 heavy (non-hydrogen) atoms. The number of aromatic nitrogens is 2. The van der Waals surface area contributed by atoms with Crippen molar-refractivity contribution in [1.29, 1.82) is 0 Å². The van der Waals surface area contributed by atoms with Crippen LogP contribution in [0.4, 0.5) is 33.0 Å². The van der Waals surface area contributed by atoms with Crippen molar-refractivity contribution in [3.63, 3.8) is 0 Å². The van der Waals surface area contributed by atoms with Gasteiger partial charge in [0.25, 0.3) is 0 Å². The van der Waals surface area contributed by atoms with E-state index in [1.165, 1.54) is 0 Å². The molecular weight excluding hydrogens is 591 g/mol. The van der Waals surface area contributed by atoms with Crippen molar-refractivity contribution in [2.75, 3.05) is 50.2 Å². The highest BCUT2D eigenvalue weighted by atomic mass is 35.5. The molecule has 0 saturated carbocycles. The first-order chi connectivity index (χ1) is 18.7.